The van der Waals surface area contributed by atoms with E-state index in [1.807, 2.05) is 87.8 Å². The molecular formula is C57H73N11O7S2. The highest BCUT2D eigenvalue weighted by Crippen LogP contribution is 2.30. The second-order valence-electron chi connectivity index (χ2n) is 21.4. The normalized spacial score (nSPS) is 16.6. The molecule has 4 amide bonds. The number of carbonyl (C=O) groups excluding carboxylic acids is 4. The molecule has 2 aliphatic rings. The van der Waals surface area contributed by atoms with Crippen LogP contribution in [0.1, 0.15) is 89.8 Å². The van der Waals surface area contributed by atoms with Gasteiger partial charge < -0.3 is 36.2 Å². The summed E-state index contributed by atoms with van der Waals surface area (Å²) in [6.45, 7) is 12.2. The Balaban J connectivity index is 0.669. The zero-order valence-electron chi connectivity index (χ0n) is 44.8. The molecule has 3 aromatic heterocycles. The molecule has 3 aromatic carbocycles. The number of fused-ring (bicyclic) bond motifs is 1. The molecule has 2 aliphatic heterocycles. The van der Waals surface area contributed by atoms with E-state index >= 15 is 0 Å². The van der Waals surface area contributed by atoms with Gasteiger partial charge in [0.15, 0.2) is 15.5 Å². The van der Waals surface area contributed by atoms with Crippen molar-refractivity contribution < 1.29 is 32.7 Å². The monoisotopic (exact) mass is 1090 g/mol. The summed E-state index contributed by atoms with van der Waals surface area (Å²) in [6, 6.07) is 26.8. The lowest BCUT2D eigenvalue weighted by atomic mass is 9.85. The number of aliphatic hydroxyl groups excluding tert-OH is 1. The van der Waals surface area contributed by atoms with E-state index in [0.717, 1.165) is 109 Å². The van der Waals surface area contributed by atoms with Gasteiger partial charge in [-0.05, 0) is 84.8 Å². The van der Waals surface area contributed by atoms with Gasteiger partial charge in [-0.1, -0.05) is 95.3 Å². The number of aromatic nitrogens is 4. The van der Waals surface area contributed by atoms with Crippen molar-refractivity contribution in [1.82, 2.24) is 45.3 Å². The highest BCUT2D eigenvalue weighted by Gasteiger charge is 2.44. The van der Waals surface area contributed by atoms with Crippen LogP contribution in [0.5, 0.6) is 0 Å². The van der Waals surface area contributed by atoms with Crippen LogP contribution in [0.2, 0.25) is 0 Å². The van der Waals surface area contributed by atoms with E-state index in [0.29, 0.717) is 37.5 Å². The Bertz CT molecular complexity index is 3080. The molecule has 0 saturated carbocycles. The standard InChI is InChI=1S/C57H73N11O7S2/c1-39-52(76-38-60-39)42-19-17-40(18-20-42)35-59-54(72)48-34-45(69)36-67(48)55(73)53(57(2,3)4)63-50(70)16-11-9-7-6-8-10-12-29-58-51(71)37-65-30-32-66(33-31-65)44-25-23-43(24-26-44)61-56-62-49-15-13-14-47(68(49)64-56)41-21-27-46(28-22-41)77(5,74)75/h13-15,17-28,38,45,48,53,69H,6-12,16,29-37H2,1-5H3,(H,58,71)(H,59,72)(H,61,64)(H,63,70)/t45-,48+,53-/m1/s1. The Morgan fingerprint density at radius 1 is 0.805 bits per heavy atom. The number of amides is 4. The third-order valence-corrected chi connectivity index (χ3v) is 16.4. The molecule has 2 fully saturated rings. The van der Waals surface area contributed by atoms with Gasteiger partial charge in [-0.25, -0.2) is 17.9 Å². The van der Waals surface area contributed by atoms with Gasteiger partial charge in [0.05, 0.1) is 39.3 Å². The zero-order chi connectivity index (χ0) is 54.7. The largest absolute Gasteiger partial charge is 0.391 e. The molecule has 0 spiro atoms. The number of unbranched alkanes of at least 4 members (excludes halogenated alkanes) is 6. The number of benzene rings is 3. The maximum atomic E-state index is 14.0. The smallest absolute Gasteiger partial charge is 0.247 e. The van der Waals surface area contributed by atoms with Gasteiger partial charge >= 0.3 is 0 Å². The van der Waals surface area contributed by atoms with Crippen LogP contribution in [-0.4, -0.2) is 137 Å². The van der Waals surface area contributed by atoms with Crippen molar-refractivity contribution in [3.8, 4) is 21.7 Å². The number of aryl methyl sites for hydroxylation is 1. The van der Waals surface area contributed by atoms with Crippen molar-refractivity contribution in [1.29, 1.82) is 0 Å². The van der Waals surface area contributed by atoms with Gasteiger partial charge in [0, 0.05) is 81.8 Å². The minimum Gasteiger partial charge on any atom is -0.391 e. The molecule has 0 unspecified atom stereocenters. The van der Waals surface area contributed by atoms with Crippen molar-refractivity contribution >= 4 is 67.8 Å². The fourth-order valence-electron chi connectivity index (χ4n) is 9.89. The highest BCUT2D eigenvalue weighted by atomic mass is 32.2. The lowest BCUT2D eigenvalue weighted by Crippen LogP contribution is -2.57. The molecule has 5 heterocycles. The van der Waals surface area contributed by atoms with Gasteiger partial charge in [0.1, 0.15) is 12.1 Å². The maximum Gasteiger partial charge on any atom is 0.247 e. The number of likely N-dealkylation sites (tertiary alicyclic amines) is 1. The van der Waals surface area contributed by atoms with Crippen LogP contribution in [-0.2, 0) is 35.6 Å². The van der Waals surface area contributed by atoms with Crippen LogP contribution in [0.15, 0.2) is 101 Å². The number of hydrogen-bond acceptors (Lipinski definition) is 14. The van der Waals surface area contributed by atoms with E-state index < -0.39 is 33.4 Å². The first-order chi connectivity index (χ1) is 36.9. The summed E-state index contributed by atoms with van der Waals surface area (Å²) >= 11 is 1.58. The Labute approximate surface area is 456 Å². The van der Waals surface area contributed by atoms with Crippen LogP contribution >= 0.6 is 11.3 Å². The van der Waals surface area contributed by atoms with Gasteiger partial charge in [-0.2, -0.15) is 4.98 Å². The van der Waals surface area contributed by atoms with Crippen molar-refractivity contribution in [2.24, 2.45) is 5.41 Å². The molecular weight excluding hydrogens is 1010 g/mol. The fourth-order valence-corrected chi connectivity index (χ4v) is 11.3. The highest BCUT2D eigenvalue weighted by molar-refractivity contribution is 7.90. The number of sulfone groups is 1. The predicted octanol–water partition coefficient (Wildman–Crippen LogP) is 7.14. The van der Waals surface area contributed by atoms with Crippen LogP contribution < -0.4 is 26.2 Å². The SMILES string of the molecule is Cc1ncsc1-c1ccc(CNC(=O)[C@@H]2C[C@@H](O)CN2C(=O)[C@@H](NC(=O)CCCCCCCCCNC(=O)CN2CCN(c3ccc(Nc4nc5cccc(-c6ccc(S(C)(=O)=O)cc6)n5n4)cc3)CC2)C(C)(C)C)cc1. The van der Waals surface area contributed by atoms with Gasteiger partial charge in [0.25, 0.3) is 0 Å². The number of aliphatic hydroxyl groups is 1. The minimum absolute atomic E-state index is 0.0263. The van der Waals surface area contributed by atoms with Crippen molar-refractivity contribution in [2.45, 2.75) is 115 Å². The number of nitrogens with zero attached hydrogens (tertiary/aromatic N) is 7. The fraction of sp³-hybridized carbons (Fsp3) is 0.456. The van der Waals surface area contributed by atoms with Crippen LogP contribution in [0, 0.1) is 12.3 Å². The van der Waals surface area contributed by atoms with E-state index in [4.69, 9.17) is 0 Å². The molecule has 8 rings (SSSR count). The maximum absolute atomic E-state index is 14.0. The van der Waals surface area contributed by atoms with Crippen LogP contribution in [0.3, 0.4) is 0 Å². The summed E-state index contributed by atoms with van der Waals surface area (Å²) in [5, 5.41) is 27.6. The summed E-state index contributed by atoms with van der Waals surface area (Å²) < 4.78 is 25.6. The number of anilines is 3. The molecule has 0 aliphatic carbocycles. The van der Waals surface area contributed by atoms with Crippen LogP contribution in [0.25, 0.3) is 27.3 Å². The first-order valence-electron chi connectivity index (χ1n) is 26.7. The number of thiazole rings is 1. The Kier molecular flexibility index (Phi) is 18.8. The summed E-state index contributed by atoms with van der Waals surface area (Å²) in [5.41, 5.74) is 8.35. The Morgan fingerprint density at radius 2 is 1.48 bits per heavy atom. The van der Waals surface area contributed by atoms with Gasteiger partial charge in [0.2, 0.25) is 29.6 Å². The number of β-amino-alcohol motifs (C(OH)–C–C–N with tert-alkyl or cyclic N) is 1. The molecule has 3 atom stereocenters. The predicted molar refractivity (Wildman–Crippen MR) is 302 cm³/mol. The van der Waals surface area contributed by atoms with Gasteiger partial charge in [-0.3, -0.25) is 24.1 Å². The minimum atomic E-state index is -3.30. The number of carbonyl (C=O) groups is 4. The number of hydrogen-bond donors (Lipinski definition) is 5. The van der Waals surface area contributed by atoms with Crippen molar-refractivity contribution in [3.05, 3.63) is 108 Å². The molecule has 6 aromatic rings. The molecule has 0 bridgehead atoms. The lowest BCUT2D eigenvalue weighted by Gasteiger charge is -2.35. The lowest BCUT2D eigenvalue weighted by molar-refractivity contribution is -0.144. The molecule has 2 saturated heterocycles. The summed E-state index contributed by atoms with van der Waals surface area (Å²) in [6.07, 6.45) is 7.36. The topological polar surface area (TPSA) is 224 Å². The first kappa shape index (κ1) is 56.5. The average Bonchev–Trinajstić information content (AvgIpc) is 4.17. The molecule has 18 nitrogen and oxygen atoms in total. The second kappa shape index (κ2) is 25.6. The average molecular weight is 1090 g/mol. The third-order valence-electron chi connectivity index (χ3n) is 14.3. The first-order valence-corrected chi connectivity index (χ1v) is 29.5. The van der Waals surface area contributed by atoms with E-state index in [1.54, 1.807) is 40.1 Å². The second-order valence-corrected chi connectivity index (χ2v) is 24.2. The van der Waals surface area contributed by atoms with Crippen LogP contribution in [0.4, 0.5) is 17.3 Å². The molecule has 20 heteroatoms. The van der Waals surface area contributed by atoms with Crippen molar-refractivity contribution in [2.75, 3.05) is 62.3 Å². The van der Waals surface area contributed by atoms with E-state index in [-0.39, 0.29) is 48.0 Å². The van der Waals surface area contributed by atoms with E-state index in [1.165, 1.54) is 11.2 Å². The summed E-state index contributed by atoms with van der Waals surface area (Å²) in [4.78, 5) is 69.8. The number of piperazine rings is 1. The summed E-state index contributed by atoms with van der Waals surface area (Å²) in [5.74, 6) is -0.425. The quantitative estimate of drug-likeness (QED) is 0.0403. The number of nitrogens with one attached hydrogen (secondary N) is 4. The van der Waals surface area contributed by atoms with E-state index in [2.05, 4.69) is 58.3 Å². The molecule has 0 radical (unpaired) electrons. The zero-order valence-corrected chi connectivity index (χ0v) is 46.5. The number of rotatable bonds is 23. The number of pyridine rings is 1. The van der Waals surface area contributed by atoms with Gasteiger partial charge in [-0.15, -0.1) is 16.4 Å². The van der Waals surface area contributed by atoms with E-state index in [9.17, 15) is 32.7 Å². The Morgan fingerprint density at radius 3 is 2.14 bits per heavy atom. The molecule has 410 valence electrons. The Hall–Kier alpha value is -6.74. The molecule has 5 N–H and O–H groups in total. The molecule has 77 heavy (non-hydrogen) atoms. The third kappa shape index (κ3) is 15.3. The summed E-state index contributed by atoms with van der Waals surface area (Å²) in [7, 11) is -3.30. The van der Waals surface area contributed by atoms with Crippen molar-refractivity contribution in [3.63, 3.8) is 0 Å².